The van der Waals surface area contributed by atoms with Crippen LogP contribution in [0.4, 0.5) is 0 Å². The van der Waals surface area contributed by atoms with Crippen molar-refractivity contribution in [2.24, 2.45) is 0 Å². The second kappa shape index (κ2) is 4.30. The Morgan fingerprint density at radius 2 is 1.71 bits per heavy atom. The Morgan fingerprint density at radius 1 is 1.21 bits per heavy atom. The minimum Gasteiger partial charge on any atom is -0.497 e. The molecule has 0 saturated heterocycles. The fourth-order valence-corrected chi connectivity index (χ4v) is 1.26. The average Bonchev–Trinajstić information content (AvgIpc) is 2.19. The third kappa shape index (κ3) is 2.90. The van der Waals surface area contributed by atoms with Crippen molar-refractivity contribution in [2.45, 2.75) is 0 Å². The molecule has 0 aliphatic carbocycles. The Kier molecular flexibility index (Phi) is 3.32. The molecule has 5 nitrogen and oxygen atoms in total. The van der Waals surface area contributed by atoms with Crippen molar-refractivity contribution in [1.29, 1.82) is 0 Å². The molecule has 0 radical (unpaired) electrons. The van der Waals surface area contributed by atoms with Crippen LogP contribution in [0.1, 0.15) is 0 Å². The number of hydrogen-bond donors (Lipinski definition) is 1. The highest BCUT2D eigenvalue weighted by molar-refractivity contribution is 7.86. The largest absolute Gasteiger partial charge is 0.497 e. The third-order valence-electron chi connectivity index (χ3n) is 1.44. The molecular formula is C8H10O5S. The SMILES string of the molecule is COc1ccc(OS(=O)(=O)CO)cc1. The normalized spacial score (nSPS) is 11.0. The first-order chi connectivity index (χ1) is 6.57. The van der Waals surface area contributed by atoms with Gasteiger partial charge >= 0.3 is 10.1 Å². The van der Waals surface area contributed by atoms with E-state index in [0.717, 1.165) is 0 Å². The van der Waals surface area contributed by atoms with Gasteiger partial charge in [0.25, 0.3) is 0 Å². The van der Waals surface area contributed by atoms with Crippen LogP contribution < -0.4 is 8.92 Å². The summed E-state index contributed by atoms with van der Waals surface area (Å²) >= 11 is 0. The molecule has 78 valence electrons. The molecule has 1 aromatic carbocycles. The number of methoxy groups -OCH3 is 1. The maximum absolute atomic E-state index is 10.8. The van der Waals surface area contributed by atoms with E-state index in [1.54, 1.807) is 12.1 Å². The summed E-state index contributed by atoms with van der Waals surface area (Å²) in [5.74, 6) is -0.308. The van der Waals surface area contributed by atoms with E-state index in [2.05, 4.69) is 4.18 Å². The van der Waals surface area contributed by atoms with Crippen molar-refractivity contribution in [2.75, 3.05) is 13.0 Å². The predicted molar refractivity (Wildman–Crippen MR) is 49.6 cm³/mol. The number of aliphatic hydroxyl groups is 1. The van der Waals surface area contributed by atoms with E-state index in [1.807, 2.05) is 0 Å². The quantitative estimate of drug-likeness (QED) is 0.738. The lowest BCUT2D eigenvalue weighted by molar-refractivity contribution is 0.338. The molecule has 1 aromatic rings. The molecule has 1 rings (SSSR count). The minimum atomic E-state index is -3.88. The zero-order valence-corrected chi connectivity index (χ0v) is 8.32. The van der Waals surface area contributed by atoms with Gasteiger partial charge in [-0.3, -0.25) is 0 Å². The lowest BCUT2D eigenvalue weighted by Crippen LogP contribution is -2.12. The molecule has 0 atom stereocenters. The second-order valence-electron chi connectivity index (χ2n) is 2.45. The molecule has 0 spiro atoms. The van der Waals surface area contributed by atoms with Crippen LogP contribution >= 0.6 is 0 Å². The molecular weight excluding hydrogens is 208 g/mol. The van der Waals surface area contributed by atoms with Crippen LogP contribution in [0.25, 0.3) is 0 Å². The lowest BCUT2D eigenvalue weighted by Gasteiger charge is -2.04. The molecule has 0 bridgehead atoms. The van der Waals surface area contributed by atoms with Gasteiger partial charge in [-0.05, 0) is 24.3 Å². The van der Waals surface area contributed by atoms with Crippen molar-refractivity contribution in [3.8, 4) is 11.5 Å². The van der Waals surface area contributed by atoms with Crippen LogP contribution in [0.2, 0.25) is 0 Å². The van der Waals surface area contributed by atoms with E-state index in [9.17, 15) is 8.42 Å². The molecule has 0 heterocycles. The van der Waals surface area contributed by atoms with Gasteiger partial charge in [0, 0.05) is 0 Å². The zero-order valence-electron chi connectivity index (χ0n) is 7.50. The predicted octanol–water partition coefficient (Wildman–Crippen LogP) is 0.354. The Balaban J connectivity index is 2.79. The maximum Gasteiger partial charge on any atom is 0.333 e. The summed E-state index contributed by atoms with van der Waals surface area (Å²) in [4.78, 5) is 0. The Bertz CT molecular complexity index is 381. The van der Waals surface area contributed by atoms with Crippen LogP contribution in [0.5, 0.6) is 11.5 Å². The standard InChI is InChI=1S/C8H10O5S/c1-12-7-2-4-8(5-3-7)13-14(10,11)6-9/h2-5,9H,6H2,1H3. The smallest absolute Gasteiger partial charge is 0.333 e. The first-order valence-corrected chi connectivity index (χ1v) is 5.32. The number of benzene rings is 1. The van der Waals surface area contributed by atoms with E-state index in [-0.39, 0.29) is 5.75 Å². The summed E-state index contributed by atoms with van der Waals surface area (Å²) in [6.45, 7) is 0. The van der Waals surface area contributed by atoms with Gasteiger partial charge in [0.2, 0.25) is 0 Å². The zero-order chi connectivity index (χ0) is 10.6. The lowest BCUT2D eigenvalue weighted by atomic mass is 10.3. The van der Waals surface area contributed by atoms with E-state index in [0.29, 0.717) is 5.75 Å². The molecule has 0 fully saturated rings. The highest BCUT2D eigenvalue weighted by Gasteiger charge is 2.09. The van der Waals surface area contributed by atoms with E-state index < -0.39 is 16.1 Å². The van der Waals surface area contributed by atoms with Crippen LogP contribution in [-0.2, 0) is 10.1 Å². The third-order valence-corrected chi connectivity index (χ3v) is 2.20. The topological polar surface area (TPSA) is 72.8 Å². The van der Waals surface area contributed by atoms with Gasteiger partial charge in [0.1, 0.15) is 11.5 Å². The summed E-state index contributed by atoms with van der Waals surface area (Å²) in [6.07, 6.45) is 0. The summed E-state index contributed by atoms with van der Waals surface area (Å²) in [5.41, 5.74) is 0. The van der Waals surface area contributed by atoms with Crippen molar-refractivity contribution >= 4 is 10.1 Å². The van der Waals surface area contributed by atoms with Gasteiger partial charge in [-0.25, -0.2) is 0 Å². The van der Waals surface area contributed by atoms with Gasteiger partial charge in [-0.15, -0.1) is 0 Å². The van der Waals surface area contributed by atoms with Gasteiger partial charge in [0.15, 0.2) is 5.94 Å². The minimum absolute atomic E-state index is 0.139. The van der Waals surface area contributed by atoms with Gasteiger partial charge in [-0.1, -0.05) is 0 Å². The van der Waals surface area contributed by atoms with E-state index in [4.69, 9.17) is 9.84 Å². The van der Waals surface area contributed by atoms with Crippen molar-refractivity contribution < 1.29 is 22.4 Å². The summed E-state index contributed by atoms with van der Waals surface area (Å²) in [5, 5.41) is 8.42. The summed E-state index contributed by atoms with van der Waals surface area (Å²) in [6, 6.07) is 5.99. The first-order valence-electron chi connectivity index (χ1n) is 3.74. The summed E-state index contributed by atoms with van der Waals surface area (Å²) in [7, 11) is -2.38. The maximum atomic E-state index is 10.8. The number of ether oxygens (including phenoxy) is 1. The van der Waals surface area contributed by atoms with Crippen LogP contribution in [0, 0.1) is 0 Å². The molecule has 0 saturated carbocycles. The molecule has 1 N–H and O–H groups in total. The van der Waals surface area contributed by atoms with Crippen molar-refractivity contribution in [1.82, 2.24) is 0 Å². The first kappa shape index (κ1) is 10.8. The molecule has 0 aliphatic heterocycles. The van der Waals surface area contributed by atoms with Gasteiger partial charge in [0.05, 0.1) is 7.11 Å². The average molecular weight is 218 g/mol. The molecule has 6 heteroatoms. The Morgan fingerprint density at radius 3 is 2.14 bits per heavy atom. The van der Waals surface area contributed by atoms with Crippen LogP contribution in [0.15, 0.2) is 24.3 Å². The monoisotopic (exact) mass is 218 g/mol. The molecule has 0 aromatic heterocycles. The molecule has 14 heavy (non-hydrogen) atoms. The second-order valence-corrected chi connectivity index (χ2v) is 3.99. The van der Waals surface area contributed by atoms with Gasteiger partial charge in [-0.2, -0.15) is 8.42 Å². The molecule has 0 amide bonds. The fourth-order valence-electron chi connectivity index (χ4n) is 0.804. The van der Waals surface area contributed by atoms with Crippen molar-refractivity contribution in [3.05, 3.63) is 24.3 Å². The highest BCUT2D eigenvalue weighted by atomic mass is 32.2. The number of rotatable bonds is 4. The van der Waals surface area contributed by atoms with Crippen molar-refractivity contribution in [3.63, 3.8) is 0 Å². The Hall–Kier alpha value is -1.27. The van der Waals surface area contributed by atoms with E-state index in [1.165, 1.54) is 19.2 Å². The molecule has 0 aliphatic rings. The number of hydrogen-bond acceptors (Lipinski definition) is 5. The van der Waals surface area contributed by atoms with Gasteiger partial charge < -0.3 is 14.0 Å². The molecule has 0 unspecified atom stereocenters. The van der Waals surface area contributed by atoms with E-state index >= 15 is 0 Å². The summed E-state index contributed by atoms with van der Waals surface area (Å²) < 4.78 is 31.0. The van der Waals surface area contributed by atoms with Crippen LogP contribution in [-0.4, -0.2) is 26.6 Å². The fraction of sp³-hybridized carbons (Fsp3) is 0.250. The van der Waals surface area contributed by atoms with Crippen LogP contribution in [0.3, 0.4) is 0 Å². The Labute approximate surface area is 82.0 Å². The number of aliphatic hydroxyl groups excluding tert-OH is 1. The highest BCUT2D eigenvalue weighted by Crippen LogP contribution is 2.18.